The molecular formula is C21H24N6O4. The number of nitrogens with zero attached hydrogens (tertiary/aromatic N) is 2. The number of nitrogens with two attached hydrogens (primary N) is 1. The molecule has 3 amide bonds. The summed E-state index contributed by atoms with van der Waals surface area (Å²) in [6.45, 7) is 0.389. The number of amidine groups is 1. The molecule has 10 heteroatoms. The number of aliphatic carboxylic acids is 1. The molecule has 31 heavy (non-hydrogen) atoms. The third-order valence-corrected chi connectivity index (χ3v) is 5.04. The summed E-state index contributed by atoms with van der Waals surface area (Å²) in [5.41, 5.74) is 7.08. The Morgan fingerprint density at radius 1 is 1.26 bits per heavy atom. The highest BCUT2D eigenvalue weighted by molar-refractivity contribution is 5.99. The standard InChI is InChI=1S/C21H24N6O4/c22-19(23)13-5-7-15(8-6-13)25-20(30)17-4-2-10-27(17)21(31)26-16(11-18(28)29)14-3-1-9-24-12-14/h1,3,5-9,12,16-17H,2,4,10-11H2,(H3,22,23)(H,25,30)(H,26,31)(H,28,29). The molecule has 1 aliphatic heterocycles. The molecule has 1 fully saturated rings. The van der Waals surface area contributed by atoms with E-state index in [2.05, 4.69) is 15.6 Å². The topological polar surface area (TPSA) is 162 Å². The lowest BCUT2D eigenvalue weighted by molar-refractivity contribution is -0.137. The number of hydrogen-bond donors (Lipinski definition) is 5. The van der Waals surface area contributed by atoms with Gasteiger partial charge in [-0.25, -0.2) is 4.79 Å². The van der Waals surface area contributed by atoms with E-state index in [-0.39, 0.29) is 18.2 Å². The first-order chi connectivity index (χ1) is 14.8. The third-order valence-electron chi connectivity index (χ3n) is 5.04. The number of aromatic nitrogens is 1. The lowest BCUT2D eigenvalue weighted by atomic mass is 10.1. The maximum Gasteiger partial charge on any atom is 0.318 e. The smallest absolute Gasteiger partial charge is 0.318 e. The highest BCUT2D eigenvalue weighted by Gasteiger charge is 2.35. The van der Waals surface area contributed by atoms with Gasteiger partial charge in [-0.3, -0.25) is 20.0 Å². The van der Waals surface area contributed by atoms with Gasteiger partial charge in [-0.05, 0) is 48.7 Å². The first kappa shape index (κ1) is 21.8. The summed E-state index contributed by atoms with van der Waals surface area (Å²) in [4.78, 5) is 42.3. The number of hydrogen-bond acceptors (Lipinski definition) is 5. The Hall–Kier alpha value is -3.95. The van der Waals surface area contributed by atoms with Gasteiger partial charge in [-0.15, -0.1) is 0 Å². The molecule has 2 aromatic rings. The van der Waals surface area contributed by atoms with Crippen molar-refractivity contribution in [1.29, 1.82) is 5.41 Å². The number of benzene rings is 1. The van der Waals surface area contributed by atoms with Crippen LogP contribution in [0.3, 0.4) is 0 Å². The van der Waals surface area contributed by atoms with E-state index in [9.17, 15) is 19.5 Å². The van der Waals surface area contributed by atoms with Crippen molar-refractivity contribution in [1.82, 2.24) is 15.2 Å². The molecule has 0 radical (unpaired) electrons. The first-order valence-corrected chi connectivity index (χ1v) is 9.79. The van der Waals surface area contributed by atoms with Gasteiger partial charge in [0.25, 0.3) is 0 Å². The van der Waals surface area contributed by atoms with Gasteiger partial charge < -0.3 is 26.4 Å². The van der Waals surface area contributed by atoms with E-state index in [0.717, 1.165) is 0 Å². The van der Waals surface area contributed by atoms with Gasteiger partial charge >= 0.3 is 12.0 Å². The molecule has 0 bridgehead atoms. The SMILES string of the molecule is N=C(N)c1ccc(NC(=O)C2CCCN2C(=O)NC(CC(=O)O)c2cccnc2)cc1. The van der Waals surface area contributed by atoms with Crippen molar-refractivity contribution in [2.24, 2.45) is 5.73 Å². The Labute approximate surface area is 179 Å². The van der Waals surface area contributed by atoms with Crippen molar-refractivity contribution in [3.05, 3.63) is 59.9 Å². The van der Waals surface area contributed by atoms with Crippen LogP contribution >= 0.6 is 0 Å². The molecule has 1 aromatic carbocycles. The number of nitrogens with one attached hydrogen (secondary N) is 3. The third kappa shape index (κ3) is 5.56. The highest BCUT2D eigenvalue weighted by atomic mass is 16.4. The monoisotopic (exact) mass is 424 g/mol. The lowest BCUT2D eigenvalue weighted by Crippen LogP contribution is -2.48. The van der Waals surface area contributed by atoms with Gasteiger partial charge in [0.2, 0.25) is 5.91 Å². The second-order valence-corrected chi connectivity index (χ2v) is 7.22. The number of likely N-dealkylation sites (tertiary alicyclic amines) is 1. The van der Waals surface area contributed by atoms with Crippen LogP contribution in [0.5, 0.6) is 0 Å². The number of carboxylic acids is 1. The number of rotatable bonds is 7. The van der Waals surface area contributed by atoms with Gasteiger partial charge in [0.15, 0.2) is 0 Å². The Balaban J connectivity index is 1.67. The molecule has 2 atom stereocenters. The van der Waals surface area contributed by atoms with Crippen LogP contribution in [0.15, 0.2) is 48.8 Å². The molecule has 3 rings (SSSR count). The average Bonchev–Trinajstić information content (AvgIpc) is 3.24. The minimum absolute atomic E-state index is 0.0685. The fourth-order valence-corrected chi connectivity index (χ4v) is 3.48. The van der Waals surface area contributed by atoms with Crippen molar-refractivity contribution in [2.75, 3.05) is 11.9 Å². The van der Waals surface area contributed by atoms with Crippen molar-refractivity contribution in [3.8, 4) is 0 Å². The molecule has 1 aromatic heterocycles. The highest BCUT2D eigenvalue weighted by Crippen LogP contribution is 2.22. The molecule has 0 aliphatic carbocycles. The summed E-state index contributed by atoms with van der Waals surface area (Å²) in [7, 11) is 0. The number of carbonyl (C=O) groups is 3. The Bertz CT molecular complexity index is 964. The number of urea groups is 1. The Morgan fingerprint density at radius 3 is 2.61 bits per heavy atom. The summed E-state index contributed by atoms with van der Waals surface area (Å²) in [6.07, 6.45) is 3.93. The van der Waals surface area contributed by atoms with Crippen LogP contribution in [0, 0.1) is 5.41 Å². The van der Waals surface area contributed by atoms with Gasteiger partial charge in [0.1, 0.15) is 11.9 Å². The van der Waals surface area contributed by atoms with Crippen LogP contribution in [-0.2, 0) is 9.59 Å². The van der Waals surface area contributed by atoms with Crippen LogP contribution < -0.4 is 16.4 Å². The number of carbonyl (C=O) groups excluding carboxylic acids is 2. The molecular weight excluding hydrogens is 400 g/mol. The lowest BCUT2D eigenvalue weighted by Gasteiger charge is -2.27. The normalized spacial score (nSPS) is 16.4. The van der Waals surface area contributed by atoms with E-state index in [0.29, 0.717) is 36.2 Å². The zero-order valence-corrected chi connectivity index (χ0v) is 16.7. The fraction of sp³-hybridized carbons (Fsp3) is 0.286. The summed E-state index contributed by atoms with van der Waals surface area (Å²) in [6, 6.07) is 7.95. The maximum atomic E-state index is 12.9. The van der Waals surface area contributed by atoms with Gasteiger partial charge in [0.05, 0.1) is 12.5 Å². The minimum atomic E-state index is -1.06. The van der Waals surface area contributed by atoms with Gasteiger partial charge in [-0.2, -0.15) is 0 Å². The molecule has 6 N–H and O–H groups in total. The molecule has 0 saturated carbocycles. The number of pyridine rings is 1. The summed E-state index contributed by atoms with van der Waals surface area (Å²) >= 11 is 0. The van der Waals surface area contributed by atoms with Crippen LogP contribution in [0.4, 0.5) is 10.5 Å². The maximum absolute atomic E-state index is 12.9. The van der Waals surface area contributed by atoms with E-state index >= 15 is 0 Å². The number of nitrogen functional groups attached to an aromatic ring is 1. The van der Waals surface area contributed by atoms with Crippen LogP contribution in [0.25, 0.3) is 0 Å². The molecule has 2 unspecified atom stereocenters. The van der Waals surface area contributed by atoms with Gasteiger partial charge in [0, 0.05) is 30.2 Å². The molecule has 0 spiro atoms. The van der Waals surface area contributed by atoms with Crippen molar-refractivity contribution >= 4 is 29.4 Å². The largest absolute Gasteiger partial charge is 0.481 e. The zero-order chi connectivity index (χ0) is 22.4. The second-order valence-electron chi connectivity index (χ2n) is 7.22. The van der Waals surface area contributed by atoms with Crippen LogP contribution in [-0.4, -0.2) is 51.3 Å². The quantitative estimate of drug-likeness (QED) is 0.336. The average molecular weight is 424 g/mol. The van der Waals surface area contributed by atoms with Crippen molar-refractivity contribution in [3.63, 3.8) is 0 Å². The summed E-state index contributed by atoms with van der Waals surface area (Å²) in [5, 5.41) is 22.1. The van der Waals surface area contributed by atoms with E-state index in [1.807, 2.05) is 0 Å². The predicted octanol–water partition coefficient (Wildman–Crippen LogP) is 1.69. The van der Waals surface area contributed by atoms with Crippen LogP contribution in [0.1, 0.15) is 36.4 Å². The molecule has 1 aliphatic rings. The molecule has 162 valence electrons. The predicted molar refractivity (Wildman–Crippen MR) is 114 cm³/mol. The minimum Gasteiger partial charge on any atom is -0.481 e. The first-order valence-electron chi connectivity index (χ1n) is 9.79. The fourth-order valence-electron chi connectivity index (χ4n) is 3.48. The van der Waals surface area contributed by atoms with E-state index in [1.165, 1.54) is 11.1 Å². The number of carboxylic acid groups (broad SMARTS) is 1. The van der Waals surface area contributed by atoms with E-state index in [4.69, 9.17) is 11.1 Å². The zero-order valence-electron chi connectivity index (χ0n) is 16.7. The van der Waals surface area contributed by atoms with Crippen molar-refractivity contribution in [2.45, 2.75) is 31.3 Å². The molecule has 1 saturated heterocycles. The van der Waals surface area contributed by atoms with E-state index in [1.54, 1.807) is 42.6 Å². The van der Waals surface area contributed by atoms with Crippen LogP contribution in [0.2, 0.25) is 0 Å². The summed E-state index contributed by atoms with van der Waals surface area (Å²) < 4.78 is 0. The van der Waals surface area contributed by atoms with Crippen molar-refractivity contribution < 1.29 is 19.5 Å². The number of amides is 3. The molecule has 10 nitrogen and oxygen atoms in total. The Morgan fingerprint density at radius 2 is 2.00 bits per heavy atom. The second kappa shape index (κ2) is 9.70. The molecule has 2 heterocycles. The Kier molecular flexibility index (Phi) is 6.81. The van der Waals surface area contributed by atoms with E-state index < -0.39 is 24.1 Å². The van der Waals surface area contributed by atoms with Gasteiger partial charge in [-0.1, -0.05) is 6.07 Å². The summed E-state index contributed by atoms with van der Waals surface area (Å²) in [5.74, 6) is -1.46. The number of anilines is 1.